The van der Waals surface area contributed by atoms with E-state index in [-0.39, 0.29) is 16.1 Å². The number of nitrogens with zero attached hydrogens (tertiary/aromatic N) is 3. The van der Waals surface area contributed by atoms with Crippen LogP contribution in [0.2, 0.25) is 0 Å². The number of nitrogens with one attached hydrogen (secondary N) is 1. The minimum Gasteiger partial charge on any atom is -0.325 e. The van der Waals surface area contributed by atoms with Crippen LogP contribution in [0.1, 0.15) is 33.1 Å². The van der Waals surface area contributed by atoms with Crippen molar-refractivity contribution in [1.29, 1.82) is 0 Å². The maximum atomic E-state index is 13.1. The highest BCUT2D eigenvalue weighted by molar-refractivity contribution is 8.00. The van der Waals surface area contributed by atoms with Gasteiger partial charge in [-0.15, -0.1) is 0 Å². The third-order valence-corrected chi connectivity index (χ3v) is 8.63. The number of para-hydroxylation sites is 1. The first-order chi connectivity index (χ1) is 15.4. The van der Waals surface area contributed by atoms with E-state index in [1.54, 1.807) is 16.4 Å². The van der Waals surface area contributed by atoms with E-state index in [0.717, 1.165) is 30.5 Å². The highest BCUT2D eigenvalue weighted by atomic mass is 32.2. The summed E-state index contributed by atoms with van der Waals surface area (Å²) in [7, 11) is -3.52. The molecule has 1 atom stereocenters. The summed E-state index contributed by atoms with van der Waals surface area (Å²) >= 11 is 1.37. The fourth-order valence-corrected chi connectivity index (χ4v) is 6.40. The molecular formula is C23H28N4O3S2. The van der Waals surface area contributed by atoms with Crippen molar-refractivity contribution in [3.05, 3.63) is 48.5 Å². The summed E-state index contributed by atoms with van der Waals surface area (Å²) in [6.45, 7) is 5.66. The van der Waals surface area contributed by atoms with E-state index in [2.05, 4.69) is 5.32 Å². The highest BCUT2D eigenvalue weighted by Crippen LogP contribution is 2.30. The van der Waals surface area contributed by atoms with Crippen molar-refractivity contribution in [2.45, 2.75) is 55.0 Å². The van der Waals surface area contributed by atoms with Gasteiger partial charge in [-0.25, -0.2) is 13.4 Å². The second-order valence-electron chi connectivity index (χ2n) is 7.87. The van der Waals surface area contributed by atoms with E-state index in [9.17, 15) is 13.2 Å². The summed E-state index contributed by atoms with van der Waals surface area (Å²) in [4.78, 5) is 17.6. The second-order valence-corrected chi connectivity index (χ2v) is 11.1. The summed E-state index contributed by atoms with van der Waals surface area (Å²) in [6.07, 6.45) is 2.87. The lowest BCUT2D eigenvalue weighted by atomic mass is 10.2. The van der Waals surface area contributed by atoms with Crippen LogP contribution < -0.4 is 5.32 Å². The number of hydrogen-bond donors (Lipinski definition) is 1. The number of benzene rings is 2. The van der Waals surface area contributed by atoms with Crippen molar-refractivity contribution < 1.29 is 13.2 Å². The van der Waals surface area contributed by atoms with Crippen LogP contribution in [0.25, 0.3) is 11.0 Å². The van der Waals surface area contributed by atoms with Crippen LogP contribution in [0.4, 0.5) is 5.69 Å². The van der Waals surface area contributed by atoms with Crippen LogP contribution in [0.3, 0.4) is 0 Å². The number of carbonyl (C=O) groups excluding carboxylic acids is 1. The molecule has 1 N–H and O–H groups in total. The van der Waals surface area contributed by atoms with Crippen molar-refractivity contribution in [2.24, 2.45) is 0 Å². The van der Waals surface area contributed by atoms with Crippen molar-refractivity contribution in [3.8, 4) is 0 Å². The average molecular weight is 473 g/mol. The number of rotatable bonds is 7. The zero-order valence-electron chi connectivity index (χ0n) is 18.3. The molecule has 0 aliphatic carbocycles. The molecule has 7 nitrogen and oxygen atoms in total. The van der Waals surface area contributed by atoms with Gasteiger partial charge in [0, 0.05) is 25.3 Å². The van der Waals surface area contributed by atoms with Crippen LogP contribution in [-0.4, -0.2) is 46.5 Å². The molecule has 1 aromatic heterocycles. The van der Waals surface area contributed by atoms with Crippen LogP contribution in [-0.2, 0) is 21.4 Å². The first kappa shape index (κ1) is 22.8. The topological polar surface area (TPSA) is 84.3 Å². The lowest BCUT2D eigenvalue weighted by Gasteiger charge is -2.25. The molecule has 4 rings (SSSR count). The van der Waals surface area contributed by atoms with Crippen molar-refractivity contribution in [2.75, 3.05) is 18.4 Å². The molecule has 170 valence electrons. The highest BCUT2D eigenvalue weighted by Gasteiger charge is 2.27. The van der Waals surface area contributed by atoms with Gasteiger partial charge in [0.25, 0.3) is 0 Å². The number of fused-ring (bicyclic) bond motifs is 1. The Morgan fingerprint density at radius 1 is 1.12 bits per heavy atom. The van der Waals surface area contributed by atoms with Crippen molar-refractivity contribution in [1.82, 2.24) is 13.9 Å². The fourth-order valence-electron chi connectivity index (χ4n) is 3.87. The van der Waals surface area contributed by atoms with E-state index in [1.165, 1.54) is 11.8 Å². The lowest BCUT2D eigenvalue weighted by molar-refractivity contribution is -0.115. The fraction of sp³-hybridized carbons (Fsp3) is 0.391. The molecule has 2 aromatic carbocycles. The molecule has 2 heterocycles. The van der Waals surface area contributed by atoms with Crippen molar-refractivity contribution >= 4 is 44.4 Å². The molecule has 3 aromatic rings. The molecular weight excluding hydrogens is 444 g/mol. The van der Waals surface area contributed by atoms with Crippen LogP contribution in [0.5, 0.6) is 0 Å². The molecule has 0 bridgehead atoms. The average Bonchev–Trinajstić information content (AvgIpc) is 3.16. The molecule has 0 radical (unpaired) electrons. The molecule has 0 saturated carbocycles. The lowest BCUT2D eigenvalue weighted by Crippen LogP contribution is -2.35. The number of anilines is 1. The van der Waals surface area contributed by atoms with Crippen LogP contribution in [0.15, 0.2) is 58.6 Å². The van der Waals surface area contributed by atoms with Gasteiger partial charge in [-0.2, -0.15) is 4.31 Å². The maximum absolute atomic E-state index is 13.1. The third kappa shape index (κ3) is 4.69. The molecule has 1 amide bonds. The molecule has 0 spiro atoms. The minimum atomic E-state index is -3.52. The number of thioether (sulfide) groups is 1. The second kappa shape index (κ2) is 9.64. The Balaban J connectivity index is 1.57. The summed E-state index contributed by atoms with van der Waals surface area (Å²) in [5.41, 5.74) is 2.24. The number of aromatic nitrogens is 2. The molecule has 1 saturated heterocycles. The quantitative estimate of drug-likeness (QED) is 0.517. The van der Waals surface area contributed by atoms with Gasteiger partial charge in [0.15, 0.2) is 5.16 Å². The van der Waals surface area contributed by atoms with Gasteiger partial charge in [0.2, 0.25) is 15.9 Å². The van der Waals surface area contributed by atoms with Gasteiger partial charge in [-0.1, -0.05) is 36.4 Å². The third-order valence-electron chi connectivity index (χ3n) is 5.65. The summed E-state index contributed by atoms with van der Waals surface area (Å²) in [5, 5.41) is 3.25. The molecule has 1 fully saturated rings. The molecule has 1 unspecified atom stereocenters. The number of piperidine rings is 1. The number of sulfonamides is 1. The molecule has 1 aliphatic rings. The Kier molecular flexibility index (Phi) is 6.88. The largest absolute Gasteiger partial charge is 0.325 e. The van der Waals surface area contributed by atoms with E-state index in [4.69, 9.17) is 4.98 Å². The van der Waals surface area contributed by atoms with Gasteiger partial charge < -0.3 is 9.88 Å². The number of amides is 1. The first-order valence-corrected chi connectivity index (χ1v) is 13.2. The zero-order chi connectivity index (χ0) is 22.7. The Morgan fingerprint density at radius 2 is 1.84 bits per heavy atom. The van der Waals surface area contributed by atoms with Gasteiger partial charge in [0.05, 0.1) is 21.2 Å². The minimum absolute atomic E-state index is 0.107. The zero-order valence-corrected chi connectivity index (χ0v) is 20.0. The Labute approximate surface area is 193 Å². The van der Waals surface area contributed by atoms with Crippen LogP contribution >= 0.6 is 11.8 Å². The van der Waals surface area contributed by atoms with Crippen LogP contribution in [0, 0.1) is 0 Å². The molecule has 9 heteroatoms. The SMILES string of the molecule is CCn1c(SC(C)C(=O)Nc2ccccc2)nc2cc(S(=O)(=O)N3CCCCC3)ccc21. The summed E-state index contributed by atoms with van der Waals surface area (Å²) < 4.78 is 29.7. The number of carbonyl (C=O) groups is 1. The number of imidazole rings is 1. The standard InChI is InChI=1S/C23H28N4O3S2/c1-3-27-21-13-12-19(32(29,30)26-14-8-5-9-15-26)16-20(21)25-23(27)31-17(2)22(28)24-18-10-6-4-7-11-18/h4,6-7,10-13,16-17H,3,5,8-9,14-15H2,1-2H3,(H,24,28). The van der Waals surface area contributed by atoms with Gasteiger partial charge >= 0.3 is 0 Å². The Morgan fingerprint density at radius 3 is 2.53 bits per heavy atom. The summed E-state index contributed by atoms with van der Waals surface area (Å²) in [5.74, 6) is -0.107. The van der Waals surface area contributed by atoms with E-state index >= 15 is 0 Å². The Bertz CT molecular complexity index is 1200. The normalized spacial score (nSPS) is 16.2. The van der Waals surface area contributed by atoms with E-state index < -0.39 is 10.0 Å². The smallest absolute Gasteiger partial charge is 0.243 e. The molecule has 32 heavy (non-hydrogen) atoms. The van der Waals surface area contributed by atoms with Gasteiger partial charge in [0.1, 0.15) is 0 Å². The maximum Gasteiger partial charge on any atom is 0.243 e. The van der Waals surface area contributed by atoms with Crippen molar-refractivity contribution in [3.63, 3.8) is 0 Å². The van der Waals surface area contributed by atoms with E-state index in [1.807, 2.05) is 54.8 Å². The van der Waals surface area contributed by atoms with Gasteiger partial charge in [-0.3, -0.25) is 4.79 Å². The monoisotopic (exact) mass is 472 g/mol. The predicted octanol–water partition coefficient (Wildman–Crippen LogP) is 4.35. The number of aryl methyl sites for hydroxylation is 1. The Hall–Kier alpha value is -2.36. The summed E-state index contributed by atoms with van der Waals surface area (Å²) in [6, 6.07) is 14.5. The van der Waals surface area contributed by atoms with E-state index in [0.29, 0.717) is 30.3 Å². The predicted molar refractivity (Wildman–Crippen MR) is 128 cm³/mol. The molecule has 1 aliphatic heterocycles. The number of hydrogen-bond acceptors (Lipinski definition) is 5. The first-order valence-electron chi connectivity index (χ1n) is 10.9. The van der Waals surface area contributed by atoms with Gasteiger partial charge in [-0.05, 0) is 57.0 Å².